The maximum atomic E-state index is 4.77. The molecule has 0 aliphatic heterocycles. The van der Waals surface area contributed by atoms with Crippen molar-refractivity contribution in [2.45, 2.75) is 65.2 Å². The molecule has 1 aromatic rings. The van der Waals surface area contributed by atoms with Gasteiger partial charge in [0, 0.05) is 24.6 Å². The largest absolute Gasteiger partial charge is 0.373 e. The van der Waals surface area contributed by atoms with Gasteiger partial charge in [-0.05, 0) is 25.7 Å². The van der Waals surface area contributed by atoms with E-state index in [2.05, 4.69) is 43.3 Å². The molecule has 0 spiro atoms. The van der Waals surface area contributed by atoms with Crippen molar-refractivity contribution in [3.8, 4) is 0 Å². The Morgan fingerprint density at radius 1 is 1.05 bits per heavy atom. The first-order chi connectivity index (χ1) is 9.91. The van der Waals surface area contributed by atoms with E-state index in [1.54, 1.807) is 0 Å². The molecular formula is C17H30N4. The van der Waals surface area contributed by atoms with Crippen molar-refractivity contribution >= 4 is 11.6 Å². The van der Waals surface area contributed by atoms with Crippen molar-refractivity contribution in [1.82, 2.24) is 9.97 Å². The van der Waals surface area contributed by atoms with Crippen LogP contribution in [0.25, 0.3) is 0 Å². The summed E-state index contributed by atoms with van der Waals surface area (Å²) in [7, 11) is 1.92. The highest BCUT2D eigenvalue weighted by atomic mass is 15.1. The van der Waals surface area contributed by atoms with E-state index in [1.807, 2.05) is 7.05 Å². The third kappa shape index (κ3) is 4.08. The van der Waals surface area contributed by atoms with Crippen molar-refractivity contribution in [2.75, 3.05) is 24.2 Å². The van der Waals surface area contributed by atoms with Gasteiger partial charge in [0.1, 0.15) is 17.5 Å². The number of hydrogen-bond donors (Lipinski definition) is 2. The molecule has 0 radical (unpaired) electrons. The zero-order valence-corrected chi connectivity index (χ0v) is 14.2. The van der Waals surface area contributed by atoms with Crippen LogP contribution in [0.1, 0.15) is 64.3 Å². The minimum absolute atomic E-state index is 0.0411. The Kier molecular flexibility index (Phi) is 5.07. The molecule has 4 nitrogen and oxygen atoms in total. The Bertz CT molecular complexity index is 470. The lowest BCUT2D eigenvalue weighted by Crippen LogP contribution is -2.22. The predicted octanol–water partition coefficient (Wildman–Crippen LogP) is 4.12. The van der Waals surface area contributed by atoms with E-state index in [0.29, 0.717) is 0 Å². The molecule has 0 saturated heterocycles. The van der Waals surface area contributed by atoms with Gasteiger partial charge < -0.3 is 10.6 Å². The van der Waals surface area contributed by atoms with E-state index < -0.39 is 0 Å². The summed E-state index contributed by atoms with van der Waals surface area (Å²) in [5.41, 5.74) is 1.07. The number of rotatable bonds is 4. The normalized spacial score (nSPS) is 16.8. The van der Waals surface area contributed by atoms with E-state index >= 15 is 0 Å². The number of aromatic nitrogens is 2. The topological polar surface area (TPSA) is 49.8 Å². The molecule has 2 N–H and O–H groups in total. The Morgan fingerprint density at radius 2 is 1.67 bits per heavy atom. The number of hydrogen-bond acceptors (Lipinski definition) is 4. The van der Waals surface area contributed by atoms with Gasteiger partial charge in [-0.25, -0.2) is 9.97 Å². The summed E-state index contributed by atoms with van der Waals surface area (Å²) < 4.78 is 0. The lowest BCUT2D eigenvalue weighted by atomic mass is 9.89. The Balaban J connectivity index is 2.16. The Hall–Kier alpha value is -1.32. The molecule has 1 fully saturated rings. The Labute approximate surface area is 129 Å². The molecule has 1 aromatic heterocycles. The molecule has 4 heteroatoms. The first kappa shape index (κ1) is 16.1. The van der Waals surface area contributed by atoms with Gasteiger partial charge in [0.2, 0.25) is 0 Å². The Morgan fingerprint density at radius 3 is 2.24 bits per heavy atom. The van der Waals surface area contributed by atoms with Crippen molar-refractivity contribution in [1.29, 1.82) is 0 Å². The van der Waals surface area contributed by atoms with Crippen molar-refractivity contribution in [3.63, 3.8) is 0 Å². The standard InChI is InChI=1S/C17H30N4/c1-12-14(18-5)20-16(17(2,3)4)21-15(12)19-11-13-9-7-6-8-10-13/h13H,6-11H2,1-5H3,(H2,18,19,20,21). The highest BCUT2D eigenvalue weighted by Gasteiger charge is 2.21. The first-order valence-corrected chi connectivity index (χ1v) is 8.22. The number of nitrogens with one attached hydrogen (secondary N) is 2. The van der Waals surface area contributed by atoms with Crippen molar-refractivity contribution in [2.24, 2.45) is 5.92 Å². The zero-order valence-electron chi connectivity index (χ0n) is 14.2. The van der Waals surface area contributed by atoms with Crippen molar-refractivity contribution < 1.29 is 0 Å². The summed E-state index contributed by atoms with van der Waals surface area (Å²) in [6.45, 7) is 9.58. The van der Waals surface area contributed by atoms with Crippen LogP contribution in [0.4, 0.5) is 11.6 Å². The average Bonchev–Trinajstić information content (AvgIpc) is 2.46. The maximum Gasteiger partial charge on any atom is 0.138 e. The molecule has 118 valence electrons. The van der Waals surface area contributed by atoms with Gasteiger partial charge >= 0.3 is 0 Å². The van der Waals surface area contributed by atoms with E-state index in [9.17, 15) is 0 Å². The van der Waals surface area contributed by atoms with Crippen LogP contribution in [0.15, 0.2) is 0 Å². The number of nitrogens with zero attached hydrogens (tertiary/aromatic N) is 2. The monoisotopic (exact) mass is 290 g/mol. The third-order valence-corrected chi connectivity index (χ3v) is 4.34. The van der Waals surface area contributed by atoms with Crippen LogP contribution in [-0.2, 0) is 5.41 Å². The molecule has 2 rings (SSSR count). The van der Waals surface area contributed by atoms with Crippen LogP contribution in [-0.4, -0.2) is 23.6 Å². The van der Waals surface area contributed by atoms with Crippen molar-refractivity contribution in [3.05, 3.63) is 11.4 Å². The molecular weight excluding hydrogens is 260 g/mol. The average molecular weight is 290 g/mol. The highest BCUT2D eigenvalue weighted by molar-refractivity contribution is 5.57. The fraction of sp³-hybridized carbons (Fsp3) is 0.765. The number of anilines is 2. The summed E-state index contributed by atoms with van der Waals surface area (Å²) in [4.78, 5) is 9.43. The second-order valence-electron chi connectivity index (χ2n) is 7.25. The van der Waals surface area contributed by atoms with Gasteiger partial charge in [-0.2, -0.15) is 0 Å². The van der Waals surface area contributed by atoms with Gasteiger partial charge in [0.05, 0.1) is 0 Å². The molecule has 0 aromatic carbocycles. The molecule has 1 heterocycles. The van der Waals surface area contributed by atoms with Gasteiger partial charge in [-0.15, -0.1) is 0 Å². The minimum Gasteiger partial charge on any atom is -0.373 e. The SMILES string of the molecule is CNc1nc(C(C)(C)C)nc(NCC2CCCCC2)c1C. The highest BCUT2D eigenvalue weighted by Crippen LogP contribution is 2.28. The van der Waals surface area contributed by atoms with Gasteiger partial charge in [0.25, 0.3) is 0 Å². The molecule has 0 atom stereocenters. The van der Waals surface area contributed by atoms with Gasteiger partial charge in [0.15, 0.2) is 0 Å². The smallest absolute Gasteiger partial charge is 0.138 e. The van der Waals surface area contributed by atoms with Crippen LogP contribution in [0.2, 0.25) is 0 Å². The predicted molar refractivity (Wildman–Crippen MR) is 90.1 cm³/mol. The molecule has 1 aliphatic rings. The lowest BCUT2D eigenvalue weighted by molar-refractivity contribution is 0.373. The minimum atomic E-state index is -0.0411. The van der Waals surface area contributed by atoms with E-state index in [1.165, 1.54) is 32.1 Å². The third-order valence-electron chi connectivity index (χ3n) is 4.34. The molecule has 1 saturated carbocycles. The van der Waals surface area contributed by atoms with E-state index in [-0.39, 0.29) is 5.41 Å². The lowest BCUT2D eigenvalue weighted by Gasteiger charge is -2.24. The van der Waals surface area contributed by atoms with Crippen LogP contribution in [0.5, 0.6) is 0 Å². The fourth-order valence-electron chi connectivity index (χ4n) is 2.90. The fourth-order valence-corrected chi connectivity index (χ4v) is 2.90. The van der Waals surface area contributed by atoms with Crippen LogP contribution in [0.3, 0.4) is 0 Å². The summed E-state index contributed by atoms with van der Waals surface area (Å²) >= 11 is 0. The summed E-state index contributed by atoms with van der Waals surface area (Å²) in [5.74, 6) is 3.61. The maximum absolute atomic E-state index is 4.77. The van der Waals surface area contributed by atoms with E-state index in [0.717, 1.165) is 35.5 Å². The quantitative estimate of drug-likeness (QED) is 0.876. The van der Waals surface area contributed by atoms with Crippen LogP contribution < -0.4 is 10.6 Å². The molecule has 0 amide bonds. The van der Waals surface area contributed by atoms with Crippen LogP contribution in [0, 0.1) is 12.8 Å². The second kappa shape index (κ2) is 6.63. The van der Waals surface area contributed by atoms with E-state index in [4.69, 9.17) is 4.98 Å². The summed E-state index contributed by atoms with van der Waals surface area (Å²) in [6, 6.07) is 0. The zero-order chi connectivity index (χ0) is 15.5. The molecule has 0 unspecified atom stereocenters. The second-order valence-corrected chi connectivity index (χ2v) is 7.25. The first-order valence-electron chi connectivity index (χ1n) is 8.22. The van der Waals surface area contributed by atoms with Crippen LogP contribution >= 0.6 is 0 Å². The molecule has 21 heavy (non-hydrogen) atoms. The van der Waals surface area contributed by atoms with Gasteiger partial charge in [-0.3, -0.25) is 0 Å². The molecule has 1 aliphatic carbocycles. The summed E-state index contributed by atoms with van der Waals surface area (Å²) in [5, 5.41) is 6.77. The summed E-state index contributed by atoms with van der Waals surface area (Å²) in [6.07, 6.45) is 6.86. The molecule has 0 bridgehead atoms. The van der Waals surface area contributed by atoms with Gasteiger partial charge in [-0.1, -0.05) is 40.0 Å².